The smallest absolute Gasteiger partial charge is 0.387 e. The second-order valence-corrected chi connectivity index (χ2v) is 15.3. The number of allylic oxidation sites excluding steroid dienone is 1. The van der Waals surface area contributed by atoms with Gasteiger partial charge in [-0.15, -0.1) is 0 Å². The standard InChI is InChI=1S/C39H79N2O6P/c1-3-5-7-9-11-13-15-16-17-18-19-20-21-22-23-25-27-29-31-33-39(43)41-37(36-47-48(44,45)46-35-34-40)38(42)32-30-28-26-24-14-12-10-8-6-4-2/h30,32,37-38,42H,3-29,31,33-36,40H2,1-2H3,(H,41,43)(H,44,45)/b32-30+/t37-,38+/m0/s1. The topological polar surface area (TPSA) is 131 Å². The van der Waals surface area contributed by atoms with E-state index in [1.807, 2.05) is 6.08 Å². The van der Waals surface area contributed by atoms with Crippen LogP contribution in [0.3, 0.4) is 0 Å². The monoisotopic (exact) mass is 703 g/mol. The van der Waals surface area contributed by atoms with Crippen LogP contribution in [-0.2, 0) is 18.4 Å². The zero-order chi connectivity index (χ0) is 35.4. The number of phosphoric acid groups is 1. The quantitative estimate of drug-likeness (QED) is 0.0286. The molecule has 0 fully saturated rings. The van der Waals surface area contributed by atoms with E-state index in [2.05, 4.69) is 19.2 Å². The molecule has 0 radical (unpaired) electrons. The number of aliphatic hydroxyl groups is 1. The van der Waals surface area contributed by atoms with Gasteiger partial charge in [-0.05, 0) is 19.3 Å². The maximum Gasteiger partial charge on any atom is 0.472 e. The van der Waals surface area contributed by atoms with Crippen LogP contribution >= 0.6 is 7.82 Å². The van der Waals surface area contributed by atoms with Crippen molar-refractivity contribution in [2.45, 2.75) is 212 Å². The highest BCUT2D eigenvalue weighted by Crippen LogP contribution is 2.43. The molecule has 0 aliphatic heterocycles. The predicted octanol–water partition coefficient (Wildman–Crippen LogP) is 10.8. The molecular formula is C39H79N2O6P. The average molecular weight is 703 g/mol. The number of unbranched alkanes of at least 4 members (excludes halogenated alkanes) is 26. The molecule has 0 saturated carbocycles. The van der Waals surface area contributed by atoms with Gasteiger partial charge in [0.1, 0.15) is 0 Å². The Morgan fingerprint density at radius 3 is 1.48 bits per heavy atom. The molecule has 0 aliphatic rings. The van der Waals surface area contributed by atoms with Crippen molar-refractivity contribution in [3.8, 4) is 0 Å². The van der Waals surface area contributed by atoms with Crippen molar-refractivity contribution in [1.29, 1.82) is 0 Å². The van der Waals surface area contributed by atoms with E-state index in [1.165, 1.54) is 141 Å². The van der Waals surface area contributed by atoms with Crippen LogP contribution in [0.1, 0.15) is 200 Å². The van der Waals surface area contributed by atoms with Crippen molar-refractivity contribution in [2.75, 3.05) is 19.8 Å². The molecule has 286 valence electrons. The molecule has 0 aliphatic carbocycles. The van der Waals surface area contributed by atoms with E-state index in [-0.39, 0.29) is 25.7 Å². The molecule has 48 heavy (non-hydrogen) atoms. The third kappa shape index (κ3) is 33.7. The minimum Gasteiger partial charge on any atom is -0.387 e. The number of rotatable bonds is 38. The fourth-order valence-electron chi connectivity index (χ4n) is 6.01. The first kappa shape index (κ1) is 47.2. The summed E-state index contributed by atoms with van der Waals surface area (Å²) in [4.78, 5) is 22.6. The van der Waals surface area contributed by atoms with Gasteiger partial charge in [0.15, 0.2) is 0 Å². The second kappa shape index (κ2) is 36.0. The van der Waals surface area contributed by atoms with Crippen molar-refractivity contribution in [1.82, 2.24) is 5.32 Å². The van der Waals surface area contributed by atoms with Gasteiger partial charge in [-0.2, -0.15) is 0 Å². The Balaban J connectivity index is 4.13. The Labute approximate surface area is 296 Å². The van der Waals surface area contributed by atoms with E-state index in [9.17, 15) is 19.4 Å². The van der Waals surface area contributed by atoms with E-state index in [0.29, 0.717) is 6.42 Å². The molecule has 0 saturated heterocycles. The molecule has 1 amide bonds. The molecule has 3 atom stereocenters. The first-order valence-corrected chi connectivity index (χ1v) is 21.8. The molecule has 8 nitrogen and oxygen atoms in total. The number of hydrogen-bond donors (Lipinski definition) is 4. The van der Waals surface area contributed by atoms with Gasteiger partial charge in [-0.1, -0.05) is 187 Å². The lowest BCUT2D eigenvalue weighted by molar-refractivity contribution is -0.123. The van der Waals surface area contributed by atoms with E-state index < -0.39 is 20.0 Å². The molecule has 0 aromatic heterocycles. The summed E-state index contributed by atoms with van der Waals surface area (Å²) in [6.07, 6.45) is 38.3. The zero-order valence-electron chi connectivity index (χ0n) is 31.5. The number of amides is 1. The van der Waals surface area contributed by atoms with Crippen LogP contribution in [0.4, 0.5) is 0 Å². The Hall–Kier alpha value is -0.760. The highest BCUT2D eigenvalue weighted by atomic mass is 31.2. The van der Waals surface area contributed by atoms with Gasteiger partial charge >= 0.3 is 7.82 Å². The molecule has 1 unspecified atom stereocenters. The Kier molecular flexibility index (Phi) is 35.5. The third-order valence-electron chi connectivity index (χ3n) is 9.11. The highest BCUT2D eigenvalue weighted by molar-refractivity contribution is 7.47. The van der Waals surface area contributed by atoms with Gasteiger partial charge in [0.2, 0.25) is 5.91 Å². The van der Waals surface area contributed by atoms with Gasteiger partial charge in [-0.25, -0.2) is 4.57 Å². The zero-order valence-corrected chi connectivity index (χ0v) is 32.4. The maximum atomic E-state index is 12.7. The minimum atomic E-state index is -4.33. The lowest BCUT2D eigenvalue weighted by Crippen LogP contribution is -2.45. The average Bonchev–Trinajstić information content (AvgIpc) is 3.07. The van der Waals surface area contributed by atoms with Crippen LogP contribution in [-0.4, -0.2) is 47.8 Å². The van der Waals surface area contributed by atoms with Crippen LogP contribution in [0.2, 0.25) is 0 Å². The molecule has 0 aromatic carbocycles. The third-order valence-corrected chi connectivity index (χ3v) is 10.1. The Morgan fingerprint density at radius 2 is 1.06 bits per heavy atom. The fourth-order valence-corrected chi connectivity index (χ4v) is 6.77. The van der Waals surface area contributed by atoms with E-state index >= 15 is 0 Å². The Morgan fingerprint density at radius 1 is 0.667 bits per heavy atom. The van der Waals surface area contributed by atoms with Crippen molar-refractivity contribution >= 4 is 13.7 Å². The molecule has 0 bridgehead atoms. The van der Waals surface area contributed by atoms with Crippen LogP contribution in [0, 0.1) is 0 Å². The summed E-state index contributed by atoms with van der Waals surface area (Å²) >= 11 is 0. The number of carbonyl (C=O) groups is 1. The van der Waals surface area contributed by atoms with Gasteiger partial charge < -0.3 is 21.1 Å². The maximum absolute atomic E-state index is 12.7. The molecular weight excluding hydrogens is 623 g/mol. The molecule has 9 heteroatoms. The van der Waals surface area contributed by atoms with Crippen LogP contribution in [0.5, 0.6) is 0 Å². The van der Waals surface area contributed by atoms with Gasteiger partial charge in [0.25, 0.3) is 0 Å². The normalized spacial score (nSPS) is 14.4. The number of carbonyl (C=O) groups excluding carboxylic acids is 1. The first-order valence-electron chi connectivity index (χ1n) is 20.3. The summed E-state index contributed by atoms with van der Waals surface area (Å²) in [6.45, 7) is 4.12. The summed E-state index contributed by atoms with van der Waals surface area (Å²) in [7, 11) is -4.33. The molecule has 0 aromatic rings. The predicted molar refractivity (Wildman–Crippen MR) is 203 cm³/mol. The SMILES string of the molecule is CCCCCCCCCC/C=C/[C@@H](O)[C@H](COP(=O)(O)OCCN)NC(=O)CCCCCCCCCCCCCCCCCCCCC. The number of nitrogens with two attached hydrogens (primary N) is 1. The minimum absolute atomic E-state index is 0.0810. The van der Waals surface area contributed by atoms with Crippen LogP contribution in [0.15, 0.2) is 12.2 Å². The lowest BCUT2D eigenvalue weighted by Gasteiger charge is -2.23. The van der Waals surface area contributed by atoms with Gasteiger partial charge in [-0.3, -0.25) is 13.8 Å². The summed E-state index contributed by atoms with van der Waals surface area (Å²) in [5, 5.41) is 13.6. The Bertz CT molecular complexity index is 769. The number of nitrogens with one attached hydrogen (secondary N) is 1. The number of hydrogen-bond acceptors (Lipinski definition) is 6. The van der Waals surface area contributed by atoms with Gasteiger partial charge in [0.05, 0.1) is 25.4 Å². The summed E-state index contributed by atoms with van der Waals surface area (Å²) < 4.78 is 22.0. The van der Waals surface area contributed by atoms with Crippen molar-refractivity contribution < 1.29 is 28.4 Å². The molecule has 5 N–H and O–H groups in total. The van der Waals surface area contributed by atoms with Crippen LogP contribution < -0.4 is 11.1 Å². The van der Waals surface area contributed by atoms with Crippen molar-refractivity contribution in [3.05, 3.63) is 12.2 Å². The second-order valence-electron chi connectivity index (χ2n) is 13.9. The summed E-state index contributed by atoms with van der Waals surface area (Å²) in [5.74, 6) is -0.193. The van der Waals surface area contributed by atoms with E-state index in [1.54, 1.807) is 6.08 Å². The van der Waals surface area contributed by atoms with Crippen LogP contribution in [0.25, 0.3) is 0 Å². The van der Waals surface area contributed by atoms with Crippen molar-refractivity contribution in [2.24, 2.45) is 5.73 Å². The first-order chi connectivity index (χ1) is 23.4. The largest absolute Gasteiger partial charge is 0.472 e. The molecule has 0 rings (SSSR count). The number of aliphatic hydroxyl groups excluding tert-OH is 1. The van der Waals surface area contributed by atoms with E-state index in [4.69, 9.17) is 14.8 Å². The van der Waals surface area contributed by atoms with Crippen molar-refractivity contribution in [3.63, 3.8) is 0 Å². The fraction of sp³-hybridized carbons (Fsp3) is 0.923. The lowest BCUT2D eigenvalue weighted by atomic mass is 10.0. The highest BCUT2D eigenvalue weighted by Gasteiger charge is 2.26. The summed E-state index contributed by atoms with van der Waals surface area (Å²) in [5.41, 5.74) is 5.35. The van der Waals surface area contributed by atoms with Gasteiger partial charge in [0, 0.05) is 13.0 Å². The molecule has 0 spiro atoms. The molecule has 0 heterocycles. The van der Waals surface area contributed by atoms with E-state index in [0.717, 1.165) is 38.5 Å². The summed E-state index contributed by atoms with van der Waals surface area (Å²) in [6, 6.07) is -0.852. The number of phosphoric ester groups is 1.